The van der Waals surface area contributed by atoms with E-state index in [2.05, 4.69) is 5.32 Å². The van der Waals surface area contributed by atoms with E-state index in [-0.39, 0.29) is 30.9 Å². The second-order valence-electron chi connectivity index (χ2n) is 6.48. The fourth-order valence-corrected chi connectivity index (χ4v) is 3.24. The van der Waals surface area contributed by atoms with Crippen molar-refractivity contribution in [3.05, 3.63) is 35.6 Å². The molecule has 0 aromatic heterocycles. The Morgan fingerprint density at radius 2 is 1.46 bits per heavy atom. The van der Waals surface area contributed by atoms with Gasteiger partial charge in [0.15, 0.2) is 0 Å². The molecular weight excluding hydrogens is 333 g/mol. The van der Waals surface area contributed by atoms with Crippen LogP contribution < -0.4 is 5.32 Å². The molecule has 4 nitrogen and oxygen atoms in total. The number of hydrogen-bond acceptors (Lipinski definition) is 4. The molecular formula is C18H29ClFNO3. The summed E-state index contributed by atoms with van der Waals surface area (Å²) in [5.74, 6) is -0.190. The highest BCUT2D eigenvalue weighted by Gasteiger charge is 2.39. The van der Waals surface area contributed by atoms with E-state index >= 15 is 0 Å². The van der Waals surface area contributed by atoms with Gasteiger partial charge >= 0.3 is 0 Å². The molecule has 1 fully saturated rings. The molecule has 0 bridgehead atoms. The number of hydrogen-bond donors (Lipinski definition) is 4. The highest BCUT2D eigenvalue weighted by Crippen LogP contribution is 2.19. The molecule has 4 N–H and O–H groups in total. The summed E-state index contributed by atoms with van der Waals surface area (Å²) >= 11 is 0. The van der Waals surface area contributed by atoms with E-state index in [0.717, 1.165) is 44.9 Å². The molecule has 1 saturated heterocycles. The van der Waals surface area contributed by atoms with Crippen molar-refractivity contribution in [3.8, 4) is 0 Å². The molecule has 0 aliphatic carbocycles. The fraction of sp³-hybridized carbons (Fsp3) is 0.667. The van der Waals surface area contributed by atoms with Gasteiger partial charge in [0.25, 0.3) is 0 Å². The summed E-state index contributed by atoms with van der Waals surface area (Å²) in [7, 11) is 0. The van der Waals surface area contributed by atoms with Crippen LogP contribution in [-0.4, -0.2) is 46.2 Å². The van der Waals surface area contributed by atoms with Crippen molar-refractivity contribution in [1.82, 2.24) is 5.32 Å². The number of aliphatic hydroxyl groups is 3. The smallest absolute Gasteiger partial charge is 0.123 e. The van der Waals surface area contributed by atoms with Gasteiger partial charge in [0.1, 0.15) is 5.82 Å². The number of benzene rings is 1. The maximum absolute atomic E-state index is 12.8. The normalized spacial score (nSPS) is 26.3. The van der Waals surface area contributed by atoms with Crippen molar-refractivity contribution >= 4 is 12.4 Å². The highest BCUT2D eigenvalue weighted by molar-refractivity contribution is 5.85. The van der Waals surface area contributed by atoms with E-state index in [1.165, 1.54) is 17.7 Å². The number of rotatable bonds is 9. The summed E-state index contributed by atoms with van der Waals surface area (Å²) in [4.78, 5) is 0. The van der Waals surface area contributed by atoms with Gasteiger partial charge in [0.2, 0.25) is 0 Å². The van der Waals surface area contributed by atoms with E-state index in [4.69, 9.17) is 5.11 Å². The van der Waals surface area contributed by atoms with Crippen molar-refractivity contribution < 1.29 is 19.7 Å². The predicted octanol–water partition coefficient (Wildman–Crippen LogP) is 2.19. The zero-order valence-corrected chi connectivity index (χ0v) is 14.7. The number of nitrogens with one attached hydrogen (secondary N) is 1. The second kappa shape index (κ2) is 11.0. The van der Waals surface area contributed by atoms with Crippen LogP contribution in [0.3, 0.4) is 0 Å². The Morgan fingerprint density at radius 1 is 0.875 bits per heavy atom. The lowest BCUT2D eigenvalue weighted by atomic mass is 10.0. The topological polar surface area (TPSA) is 72.7 Å². The first-order valence-electron chi connectivity index (χ1n) is 8.59. The summed E-state index contributed by atoms with van der Waals surface area (Å²) < 4.78 is 12.8. The third kappa shape index (κ3) is 6.30. The molecule has 1 aliphatic rings. The Hall–Kier alpha value is -0.720. The van der Waals surface area contributed by atoms with Crippen LogP contribution in [0.4, 0.5) is 4.39 Å². The summed E-state index contributed by atoms with van der Waals surface area (Å²) in [6, 6.07) is 6.15. The van der Waals surface area contributed by atoms with Crippen molar-refractivity contribution in [2.75, 3.05) is 6.61 Å². The molecule has 6 heteroatoms. The molecule has 138 valence electrons. The zero-order chi connectivity index (χ0) is 16.7. The molecule has 1 aromatic rings. The lowest BCUT2D eigenvalue weighted by molar-refractivity contribution is 0.0186. The second-order valence-corrected chi connectivity index (χ2v) is 6.48. The molecule has 1 aromatic carbocycles. The molecule has 0 amide bonds. The van der Waals surface area contributed by atoms with Gasteiger partial charge in [0, 0.05) is 6.04 Å². The van der Waals surface area contributed by atoms with E-state index in [1.807, 2.05) is 12.1 Å². The van der Waals surface area contributed by atoms with Gasteiger partial charge in [0.05, 0.1) is 24.9 Å². The summed E-state index contributed by atoms with van der Waals surface area (Å²) in [6.07, 6.45) is 5.59. The van der Waals surface area contributed by atoms with E-state index < -0.39 is 18.2 Å². The van der Waals surface area contributed by atoms with Crippen LogP contribution in [0, 0.1) is 5.82 Å². The van der Waals surface area contributed by atoms with Crippen molar-refractivity contribution in [2.45, 2.75) is 69.2 Å². The third-order valence-corrected chi connectivity index (χ3v) is 4.69. The van der Waals surface area contributed by atoms with Gasteiger partial charge in [-0.1, -0.05) is 37.8 Å². The zero-order valence-electron chi connectivity index (χ0n) is 13.9. The average molecular weight is 362 g/mol. The number of aryl methyl sites for hydroxylation is 1. The Bertz CT molecular complexity index is 460. The van der Waals surface area contributed by atoms with Gasteiger partial charge in [-0.2, -0.15) is 0 Å². The quantitative estimate of drug-likeness (QED) is 0.509. The number of aliphatic hydroxyl groups excluding tert-OH is 3. The van der Waals surface area contributed by atoms with E-state index in [1.54, 1.807) is 0 Å². The maximum Gasteiger partial charge on any atom is 0.123 e. The van der Waals surface area contributed by atoms with Crippen LogP contribution in [0.5, 0.6) is 0 Å². The Kier molecular flexibility index (Phi) is 9.78. The summed E-state index contributed by atoms with van der Waals surface area (Å²) in [6.45, 7) is -0.155. The lowest BCUT2D eigenvalue weighted by Crippen LogP contribution is -2.36. The summed E-state index contributed by atoms with van der Waals surface area (Å²) in [5.41, 5.74) is 1.17. The monoisotopic (exact) mass is 361 g/mol. The molecule has 1 heterocycles. The number of unbranched alkanes of at least 4 members (excludes halogenated alkanes) is 4. The molecule has 1 aliphatic heterocycles. The van der Waals surface area contributed by atoms with E-state index in [9.17, 15) is 14.6 Å². The Labute approximate surface area is 149 Å². The predicted molar refractivity (Wildman–Crippen MR) is 94.9 cm³/mol. The average Bonchev–Trinajstić information content (AvgIpc) is 2.83. The highest BCUT2D eigenvalue weighted by atomic mass is 35.5. The van der Waals surface area contributed by atoms with Crippen LogP contribution in [-0.2, 0) is 6.42 Å². The molecule has 0 spiro atoms. The van der Waals surface area contributed by atoms with Gasteiger partial charge < -0.3 is 20.6 Å². The molecule has 2 rings (SSSR count). The largest absolute Gasteiger partial charge is 0.395 e. The Balaban J connectivity index is 0.00000288. The minimum absolute atomic E-state index is 0. The van der Waals surface area contributed by atoms with Gasteiger partial charge in [-0.25, -0.2) is 4.39 Å². The third-order valence-electron chi connectivity index (χ3n) is 4.69. The van der Waals surface area contributed by atoms with Crippen molar-refractivity contribution in [2.24, 2.45) is 0 Å². The van der Waals surface area contributed by atoms with Crippen molar-refractivity contribution in [3.63, 3.8) is 0 Å². The minimum Gasteiger partial charge on any atom is -0.395 e. The number of halogens is 2. The molecule has 0 radical (unpaired) electrons. The Morgan fingerprint density at radius 3 is 2.08 bits per heavy atom. The standard InChI is InChI=1S/C18H28FNO3.ClH/c19-14-10-8-13(9-11-14)6-4-2-1-3-5-7-15-17(22)18(23)16(12-21)20-15;/h8-11,15-18,20-23H,1-7,12H2;1H/t15-,16-,17-,18-;/m1./s1. The lowest BCUT2D eigenvalue weighted by Gasteiger charge is -2.15. The SMILES string of the molecule is Cl.OC[C@H]1N[C@H](CCCCCCCc2ccc(F)cc2)[C@@H](O)[C@@H]1O. The van der Waals surface area contributed by atoms with E-state index in [0.29, 0.717) is 0 Å². The van der Waals surface area contributed by atoms with Crippen LogP contribution in [0.1, 0.15) is 44.1 Å². The molecule has 4 atom stereocenters. The first-order chi connectivity index (χ1) is 11.1. The van der Waals surface area contributed by atoms with Gasteiger partial charge in [-0.05, 0) is 37.0 Å². The van der Waals surface area contributed by atoms with Crippen LogP contribution in [0.15, 0.2) is 24.3 Å². The first kappa shape index (κ1) is 21.3. The fourth-order valence-electron chi connectivity index (χ4n) is 3.24. The van der Waals surface area contributed by atoms with Crippen LogP contribution in [0.2, 0.25) is 0 Å². The first-order valence-corrected chi connectivity index (χ1v) is 8.59. The van der Waals surface area contributed by atoms with Crippen molar-refractivity contribution in [1.29, 1.82) is 0 Å². The molecule has 0 saturated carbocycles. The minimum atomic E-state index is -0.874. The van der Waals surface area contributed by atoms with Crippen LogP contribution >= 0.6 is 12.4 Å². The molecule has 0 unspecified atom stereocenters. The summed E-state index contributed by atoms with van der Waals surface area (Å²) in [5, 5.41) is 31.8. The maximum atomic E-state index is 12.8. The molecule has 24 heavy (non-hydrogen) atoms. The van der Waals surface area contributed by atoms with Crippen LogP contribution in [0.25, 0.3) is 0 Å². The van der Waals surface area contributed by atoms with Gasteiger partial charge in [-0.3, -0.25) is 0 Å². The van der Waals surface area contributed by atoms with Gasteiger partial charge in [-0.15, -0.1) is 12.4 Å².